The number of nitrogens with two attached hydrogens (primary N) is 1. The molecule has 98 valence electrons. The Labute approximate surface area is 118 Å². The van der Waals surface area contributed by atoms with Crippen LogP contribution in [0.25, 0.3) is 0 Å². The molecule has 1 aliphatic rings. The Kier molecular flexibility index (Phi) is 4.12. The fourth-order valence-corrected chi connectivity index (χ4v) is 3.24. The molecule has 1 aromatic rings. The second-order valence-electron chi connectivity index (χ2n) is 4.81. The maximum atomic E-state index is 5.73. The van der Waals surface area contributed by atoms with Crippen LogP contribution in [0.5, 0.6) is 0 Å². The SMILES string of the molecule is CSC1(CNc2nc(C)ccc2C(N)=S)CCC1. The first kappa shape index (κ1) is 13.6. The van der Waals surface area contributed by atoms with Crippen molar-refractivity contribution in [1.29, 1.82) is 0 Å². The molecule has 0 atom stereocenters. The van der Waals surface area contributed by atoms with Gasteiger partial charge in [-0.25, -0.2) is 4.98 Å². The average Bonchev–Trinajstić information content (AvgIpc) is 2.28. The first-order valence-electron chi connectivity index (χ1n) is 6.13. The molecule has 0 spiro atoms. The number of aryl methyl sites for hydroxylation is 1. The van der Waals surface area contributed by atoms with Crippen LogP contribution in [0.2, 0.25) is 0 Å². The van der Waals surface area contributed by atoms with E-state index in [0.717, 1.165) is 23.6 Å². The van der Waals surface area contributed by atoms with E-state index in [0.29, 0.717) is 9.74 Å². The largest absolute Gasteiger partial charge is 0.389 e. The van der Waals surface area contributed by atoms with Gasteiger partial charge in [0, 0.05) is 17.0 Å². The maximum Gasteiger partial charge on any atom is 0.136 e. The van der Waals surface area contributed by atoms with Crippen molar-refractivity contribution in [3.8, 4) is 0 Å². The topological polar surface area (TPSA) is 50.9 Å². The molecule has 5 heteroatoms. The molecule has 0 unspecified atom stereocenters. The highest BCUT2D eigenvalue weighted by atomic mass is 32.2. The third kappa shape index (κ3) is 2.78. The monoisotopic (exact) mass is 281 g/mol. The number of hydrogen-bond acceptors (Lipinski definition) is 4. The molecule has 1 fully saturated rings. The van der Waals surface area contributed by atoms with Gasteiger partial charge in [0.15, 0.2) is 0 Å². The van der Waals surface area contributed by atoms with Gasteiger partial charge in [0.2, 0.25) is 0 Å². The van der Waals surface area contributed by atoms with E-state index in [1.807, 2.05) is 30.8 Å². The van der Waals surface area contributed by atoms with E-state index >= 15 is 0 Å². The molecule has 1 aromatic heterocycles. The van der Waals surface area contributed by atoms with Crippen molar-refractivity contribution in [2.45, 2.75) is 30.9 Å². The van der Waals surface area contributed by atoms with Gasteiger partial charge in [-0.05, 0) is 38.2 Å². The van der Waals surface area contributed by atoms with Gasteiger partial charge in [-0.2, -0.15) is 11.8 Å². The Balaban J connectivity index is 2.12. The second-order valence-corrected chi connectivity index (χ2v) is 6.52. The minimum absolute atomic E-state index is 0.374. The zero-order valence-electron chi connectivity index (χ0n) is 10.8. The molecular formula is C13H19N3S2. The average molecular weight is 281 g/mol. The molecule has 1 aliphatic carbocycles. The number of nitrogens with one attached hydrogen (secondary N) is 1. The minimum Gasteiger partial charge on any atom is -0.389 e. The summed E-state index contributed by atoms with van der Waals surface area (Å²) in [6.45, 7) is 2.91. The lowest BCUT2D eigenvalue weighted by atomic mass is 9.84. The molecule has 3 nitrogen and oxygen atoms in total. The lowest BCUT2D eigenvalue weighted by molar-refractivity contribution is 0.379. The van der Waals surface area contributed by atoms with Crippen LogP contribution in [0, 0.1) is 6.92 Å². The van der Waals surface area contributed by atoms with E-state index in [1.165, 1.54) is 19.3 Å². The lowest BCUT2D eigenvalue weighted by Gasteiger charge is -2.40. The van der Waals surface area contributed by atoms with Crippen LogP contribution in [-0.4, -0.2) is 27.5 Å². The highest BCUT2D eigenvalue weighted by Crippen LogP contribution is 2.42. The van der Waals surface area contributed by atoms with Crippen molar-refractivity contribution in [1.82, 2.24) is 4.98 Å². The van der Waals surface area contributed by atoms with Crippen LogP contribution in [0.1, 0.15) is 30.5 Å². The number of aromatic nitrogens is 1. The zero-order chi connectivity index (χ0) is 13.2. The summed E-state index contributed by atoms with van der Waals surface area (Å²) in [4.78, 5) is 4.90. The smallest absolute Gasteiger partial charge is 0.136 e. The minimum atomic E-state index is 0.374. The fourth-order valence-electron chi connectivity index (χ4n) is 2.16. The highest BCUT2D eigenvalue weighted by Gasteiger charge is 2.36. The number of anilines is 1. The van der Waals surface area contributed by atoms with Crippen LogP contribution in [-0.2, 0) is 0 Å². The molecule has 3 N–H and O–H groups in total. The number of rotatable bonds is 5. The predicted octanol–water partition coefficient (Wildman–Crippen LogP) is 2.72. The maximum absolute atomic E-state index is 5.73. The standard InChI is InChI=1S/C13H19N3S2/c1-9-4-5-10(11(14)17)12(16-9)15-8-13(18-2)6-3-7-13/h4-5H,3,6-8H2,1-2H3,(H2,14,17)(H,15,16). The van der Waals surface area contributed by atoms with Gasteiger partial charge >= 0.3 is 0 Å². The zero-order valence-corrected chi connectivity index (χ0v) is 12.5. The van der Waals surface area contributed by atoms with Gasteiger partial charge in [0.25, 0.3) is 0 Å². The van der Waals surface area contributed by atoms with Crippen molar-refractivity contribution in [2.24, 2.45) is 5.73 Å². The summed E-state index contributed by atoms with van der Waals surface area (Å²) >= 11 is 7.01. The van der Waals surface area contributed by atoms with E-state index in [2.05, 4.69) is 16.6 Å². The molecule has 0 aromatic carbocycles. The molecule has 0 bridgehead atoms. The molecular weight excluding hydrogens is 262 g/mol. The van der Waals surface area contributed by atoms with E-state index in [1.54, 1.807) is 0 Å². The Morgan fingerprint density at radius 1 is 1.56 bits per heavy atom. The first-order chi connectivity index (χ1) is 8.56. The third-order valence-corrected chi connectivity index (χ3v) is 5.21. The van der Waals surface area contributed by atoms with E-state index in [4.69, 9.17) is 18.0 Å². The summed E-state index contributed by atoms with van der Waals surface area (Å²) in [5.41, 5.74) is 7.54. The summed E-state index contributed by atoms with van der Waals surface area (Å²) in [5.74, 6) is 0.822. The van der Waals surface area contributed by atoms with Crippen LogP contribution < -0.4 is 11.1 Å². The Hall–Kier alpha value is -0.810. The lowest BCUT2D eigenvalue weighted by Crippen LogP contribution is -2.40. The Bertz CT molecular complexity index is 450. The van der Waals surface area contributed by atoms with Crippen LogP contribution in [0.15, 0.2) is 12.1 Å². The molecule has 0 saturated heterocycles. The summed E-state index contributed by atoms with van der Waals surface area (Å²) in [6.07, 6.45) is 6.05. The van der Waals surface area contributed by atoms with Gasteiger partial charge in [0.1, 0.15) is 10.8 Å². The van der Waals surface area contributed by atoms with E-state index < -0.39 is 0 Å². The van der Waals surface area contributed by atoms with Crippen molar-refractivity contribution in [3.05, 3.63) is 23.4 Å². The summed E-state index contributed by atoms with van der Waals surface area (Å²) in [6, 6.07) is 3.88. The number of hydrogen-bond donors (Lipinski definition) is 2. The molecule has 18 heavy (non-hydrogen) atoms. The molecule has 0 aliphatic heterocycles. The Morgan fingerprint density at radius 3 is 2.78 bits per heavy atom. The van der Waals surface area contributed by atoms with Crippen molar-refractivity contribution >= 4 is 34.8 Å². The number of thiocarbonyl (C=S) groups is 1. The van der Waals surface area contributed by atoms with Gasteiger partial charge in [0.05, 0.1) is 5.56 Å². The number of thioether (sulfide) groups is 1. The van der Waals surface area contributed by atoms with Crippen LogP contribution in [0.3, 0.4) is 0 Å². The number of nitrogens with zero attached hydrogens (tertiary/aromatic N) is 1. The summed E-state index contributed by atoms with van der Waals surface area (Å²) in [5, 5.41) is 3.43. The van der Waals surface area contributed by atoms with E-state index in [-0.39, 0.29) is 0 Å². The normalized spacial score (nSPS) is 17.0. The summed E-state index contributed by atoms with van der Waals surface area (Å²) < 4.78 is 0.374. The van der Waals surface area contributed by atoms with Gasteiger partial charge in [-0.1, -0.05) is 18.6 Å². The van der Waals surface area contributed by atoms with Gasteiger partial charge < -0.3 is 11.1 Å². The van der Waals surface area contributed by atoms with Crippen molar-refractivity contribution in [2.75, 3.05) is 18.1 Å². The third-order valence-electron chi connectivity index (χ3n) is 3.58. The van der Waals surface area contributed by atoms with E-state index in [9.17, 15) is 0 Å². The van der Waals surface area contributed by atoms with Gasteiger partial charge in [-0.15, -0.1) is 0 Å². The highest BCUT2D eigenvalue weighted by molar-refractivity contribution is 8.00. The molecule has 0 radical (unpaired) electrons. The molecule has 1 heterocycles. The number of pyridine rings is 1. The van der Waals surface area contributed by atoms with Crippen LogP contribution >= 0.6 is 24.0 Å². The molecule has 0 amide bonds. The Morgan fingerprint density at radius 2 is 2.28 bits per heavy atom. The van der Waals surface area contributed by atoms with Crippen molar-refractivity contribution in [3.63, 3.8) is 0 Å². The van der Waals surface area contributed by atoms with Crippen molar-refractivity contribution < 1.29 is 0 Å². The first-order valence-corrected chi connectivity index (χ1v) is 7.76. The van der Waals surface area contributed by atoms with Gasteiger partial charge in [-0.3, -0.25) is 0 Å². The fraction of sp³-hybridized carbons (Fsp3) is 0.538. The summed E-state index contributed by atoms with van der Waals surface area (Å²) in [7, 11) is 0. The molecule has 2 rings (SSSR count). The molecule has 1 saturated carbocycles. The quantitative estimate of drug-likeness (QED) is 0.813. The van der Waals surface area contributed by atoms with Crippen LogP contribution in [0.4, 0.5) is 5.82 Å². The predicted molar refractivity (Wildman–Crippen MR) is 83.4 cm³/mol. The second kappa shape index (κ2) is 5.45.